The van der Waals surface area contributed by atoms with E-state index in [9.17, 15) is 18.0 Å². The number of nitrogens with zero attached hydrogens (tertiary/aromatic N) is 2. The molecular weight excluding hydrogens is 455 g/mol. The molecule has 0 spiro atoms. The van der Waals surface area contributed by atoms with E-state index in [1.807, 2.05) is 31.2 Å². The lowest BCUT2D eigenvalue weighted by atomic mass is 10.1. The highest BCUT2D eigenvalue weighted by Gasteiger charge is 2.30. The lowest BCUT2D eigenvalue weighted by Gasteiger charge is -2.12. The molecule has 4 aromatic rings. The van der Waals surface area contributed by atoms with E-state index >= 15 is 0 Å². The second-order valence-corrected chi connectivity index (χ2v) is 7.91. The van der Waals surface area contributed by atoms with Gasteiger partial charge in [0.15, 0.2) is 0 Å². The Kier molecular flexibility index (Phi) is 6.68. The number of hydrogen-bond donors (Lipinski definition) is 3. The van der Waals surface area contributed by atoms with E-state index in [0.29, 0.717) is 28.8 Å². The summed E-state index contributed by atoms with van der Waals surface area (Å²) in [4.78, 5) is 21.2. The zero-order valence-electron chi connectivity index (χ0n) is 18.9. The number of aryl methyl sites for hydroxylation is 2. The highest BCUT2D eigenvalue weighted by Crippen LogP contribution is 2.30. The van der Waals surface area contributed by atoms with Gasteiger partial charge < -0.3 is 16.0 Å². The molecule has 1 heterocycles. The predicted octanol–water partition coefficient (Wildman–Crippen LogP) is 6.85. The van der Waals surface area contributed by atoms with Gasteiger partial charge in [-0.1, -0.05) is 23.8 Å². The van der Waals surface area contributed by atoms with E-state index in [-0.39, 0.29) is 5.56 Å². The molecule has 178 valence electrons. The molecule has 3 N–H and O–H groups in total. The van der Waals surface area contributed by atoms with Crippen LogP contribution in [0.1, 0.15) is 27.3 Å². The zero-order chi connectivity index (χ0) is 25.0. The van der Waals surface area contributed by atoms with E-state index in [1.165, 1.54) is 12.1 Å². The van der Waals surface area contributed by atoms with Crippen molar-refractivity contribution in [3.05, 3.63) is 101 Å². The van der Waals surface area contributed by atoms with Crippen LogP contribution in [0.3, 0.4) is 0 Å². The molecule has 35 heavy (non-hydrogen) atoms. The van der Waals surface area contributed by atoms with Gasteiger partial charge in [0.1, 0.15) is 17.5 Å². The number of anilines is 5. The van der Waals surface area contributed by atoms with Crippen LogP contribution in [0.5, 0.6) is 0 Å². The molecule has 0 saturated carbocycles. The van der Waals surface area contributed by atoms with Gasteiger partial charge in [0, 0.05) is 28.7 Å². The van der Waals surface area contributed by atoms with Gasteiger partial charge in [-0.15, -0.1) is 0 Å². The predicted molar refractivity (Wildman–Crippen MR) is 130 cm³/mol. The fourth-order valence-corrected chi connectivity index (χ4v) is 3.31. The molecule has 3 aromatic carbocycles. The molecule has 0 unspecified atom stereocenters. The number of rotatable bonds is 6. The van der Waals surface area contributed by atoms with Crippen molar-refractivity contribution in [2.24, 2.45) is 0 Å². The second-order valence-electron chi connectivity index (χ2n) is 7.91. The van der Waals surface area contributed by atoms with Crippen LogP contribution in [0.2, 0.25) is 0 Å². The molecule has 0 aliphatic heterocycles. The molecule has 0 saturated heterocycles. The van der Waals surface area contributed by atoms with Crippen molar-refractivity contribution >= 4 is 34.6 Å². The van der Waals surface area contributed by atoms with Gasteiger partial charge in [0.2, 0.25) is 0 Å². The summed E-state index contributed by atoms with van der Waals surface area (Å²) in [7, 11) is 0. The summed E-state index contributed by atoms with van der Waals surface area (Å²) in [6.07, 6.45) is -4.52. The molecule has 9 heteroatoms. The monoisotopic (exact) mass is 477 g/mol. The number of amides is 1. The van der Waals surface area contributed by atoms with Crippen LogP contribution in [0.4, 0.5) is 41.9 Å². The van der Waals surface area contributed by atoms with E-state index in [0.717, 1.165) is 23.4 Å². The molecule has 1 aromatic heterocycles. The standard InChI is InChI=1S/C26H22F3N5O/c1-16-6-8-20(9-7-16)32-23-15-24(31-17(2)30-23)33-21-10-12-22(13-11-21)34-25(35)18-4-3-5-19(14-18)26(27,28)29/h3-15H,1-2H3,(H,34,35)(H2,30,31,32,33). The summed E-state index contributed by atoms with van der Waals surface area (Å²) in [6, 6.07) is 20.7. The third kappa shape index (κ3) is 6.35. The Bertz CT molecular complexity index is 1340. The molecular formula is C26H22F3N5O. The summed E-state index contributed by atoms with van der Waals surface area (Å²) in [6.45, 7) is 3.81. The highest BCUT2D eigenvalue weighted by molar-refractivity contribution is 6.04. The van der Waals surface area contributed by atoms with Gasteiger partial charge in [-0.25, -0.2) is 9.97 Å². The lowest BCUT2D eigenvalue weighted by molar-refractivity contribution is -0.137. The van der Waals surface area contributed by atoms with Gasteiger partial charge in [0.25, 0.3) is 5.91 Å². The molecule has 4 rings (SSSR count). The maximum Gasteiger partial charge on any atom is 0.416 e. The van der Waals surface area contributed by atoms with Gasteiger partial charge in [-0.3, -0.25) is 4.79 Å². The van der Waals surface area contributed by atoms with Crippen LogP contribution in [-0.2, 0) is 6.18 Å². The SMILES string of the molecule is Cc1ccc(Nc2cc(Nc3ccc(NC(=O)c4cccc(C(F)(F)F)c4)cc3)nc(C)n2)cc1. The summed E-state index contributed by atoms with van der Waals surface area (Å²) in [5.41, 5.74) is 2.26. The van der Waals surface area contributed by atoms with Crippen LogP contribution in [0, 0.1) is 13.8 Å². The third-order valence-corrected chi connectivity index (χ3v) is 5.03. The molecule has 1 amide bonds. The first-order valence-corrected chi connectivity index (χ1v) is 10.7. The molecule has 0 fully saturated rings. The first-order chi connectivity index (χ1) is 16.7. The lowest BCUT2D eigenvalue weighted by Crippen LogP contribution is -2.13. The first-order valence-electron chi connectivity index (χ1n) is 10.7. The van der Waals surface area contributed by atoms with E-state index < -0.39 is 17.6 Å². The Morgan fingerprint density at radius 1 is 0.743 bits per heavy atom. The van der Waals surface area contributed by atoms with Crippen molar-refractivity contribution in [3.63, 3.8) is 0 Å². The quantitative estimate of drug-likeness (QED) is 0.283. The highest BCUT2D eigenvalue weighted by atomic mass is 19.4. The third-order valence-electron chi connectivity index (χ3n) is 5.03. The Labute approximate surface area is 200 Å². The van der Waals surface area contributed by atoms with Crippen molar-refractivity contribution in [3.8, 4) is 0 Å². The minimum atomic E-state index is -4.52. The second kappa shape index (κ2) is 9.84. The normalized spacial score (nSPS) is 11.1. The maximum atomic E-state index is 12.9. The Balaban J connectivity index is 1.42. The molecule has 0 aliphatic carbocycles. The molecule has 6 nitrogen and oxygen atoms in total. The average Bonchev–Trinajstić information content (AvgIpc) is 2.81. The summed E-state index contributed by atoms with van der Waals surface area (Å²) >= 11 is 0. The number of aromatic nitrogens is 2. The van der Waals surface area contributed by atoms with Crippen LogP contribution in [0.25, 0.3) is 0 Å². The van der Waals surface area contributed by atoms with Crippen molar-refractivity contribution in [1.82, 2.24) is 9.97 Å². The molecule has 0 bridgehead atoms. The number of nitrogens with one attached hydrogen (secondary N) is 3. The molecule has 0 radical (unpaired) electrons. The van der Waals surface area contributed by atoms with Gasteiger partial charge in [-0.2, -0.15) is 13.2 Å². The zero-order valence-corrected chi connectivity index (χ0v) is 18.9. The number of carbonyl (C=O) groups excluding carboxylic acids is 1. The van der Waals surface area contributed by atoms with Crippen molar-refractivity contribution in [1.29, 1.82) is 0 Å². The van der Waals surface area contributed by atoms with E-state index in [2.05, 4.69) is 25.9 Å². The summed E-state index contributed by atoms with van der Waals surface area (Å²) in [5.74, 6) is 1.16. The van der Waals surface area contributed by atoms with Crippen LogP contribution >= 0.6 is 0 Å². The van der Waals surface area contributed by atoms with Crippen LogP contribution < -0.4 is 16.0 Å². The van der Waals surface area contributed by atoms with Crippen LogP contribution in [0.15, 0.2) is 78.9 Å². The van der Waals surface area contributed by atoms with E-state index in [4.69, 9.17) is 0 Å². The number of carbonyl (C=O) groups is 1. The number of alkyl halides is 3. The van der Waals surface area contributed by atoms with Crippen molar-refractivity contribution in [2.45, 2.75) is 20.0 Å². The van der Waals surface area contributed by atoms with Gasteiger partial charge in [0.05, 0.1) is 5.56 Å². The number of benzene rings is 3. The Morgan fingerprint density at radius 2 is 1.29 bits per heavy atom. The number of halogens is 3. The van der Waals surface area contributed by atoms with Crippen molar-refractivity contribution in [2.75, 3.05) is 16.0 Å². The Hall–Kier alpha value is -4.40. The summed E-state index contributed by atoms with van der Waals surface area (Å²) < 4.78 is 38.7. The van der Waals surface area contributed by atoms with Crippen molar-refractivity contribution < 1.29 is 18.0 Å². The molecule has 0 atom stereocenters. The number of hydrogen-bond acceptors (Lipinski definition) is 5. The fraction of sp³-hybridized carbons (Fsp3) is 0.115. The minimum absolute atomic E-state index is 0.0768. The van der Waals surface area contributed by atoms with Crippen LogP contribution in [-0.4, -0.2) is 15.9 Å². The molecule has 0 aliphatic rings. The average molecular weight is 477 g/mol. The topological polar surface area (TPSA) is 78.9 Å². The maximum absolute atomic E-state index is 12.9. The van der Waals surface area contributed by atoms with E-state index in [1.54, 1.807) is 37.3 Å². The first kappa shape index (κ1) is 23.7. The van der Waals surface area contributed by atoms with Gasteiger partial charge >= 0.3 is 6.18 Å². The Morgan fingerprint density at radius 3 is 1.86 bits per heavy atom. The summed E-state index contributed by atoms with van der Waals surface area (Å²) in [5, 5.41) is 9.04. The van der Waals surface area contributed by atoms with Gasteiger partial charge in [-0.05, 0) is 68.4 Å². The smallest absolute Gasteiger partial charge is 0.340 e. The minimum Gasteiger partial charge on any atom is -0.340 e. The largest absolute Gasteiger partial charge is 0.416 e. The fourth-order valence-electron chi connectivity index (χ4n) is 3.31.